The molecule has 0 aliphatic heterocycles. The Morgan fingerprint density at radius 3 is 2.56 bits per heavy atom. The Bertz CT molecular complexity index is 898. The minimum atomic E-state index is -4.63. The van der Waals surface area contributed by atoms with E-state index in [1.54, 1.807) is 43.4 Å². The number of benzene rings is 1. The van der Waals surface area contributed by atoms with Crippen molar-refractivity contribution in [2.75, 3.05) is 4.31 Å². The molecule has 0 aliphatic carbocycles. The van der Waals surface area contributed by atoms with Gasteiger partial charge in [0.1, 0.15) is 16.3 Å². The molecule has 1 amide bonds. The van der Waals surface area contributed by atoms with Gasteiger partial charge in [0.25, 0.3) is 10.0 Å². The summed E-state index contributed by atoms with van der Waals surface area (Å²) in [5.74, 6) is -1.22. The SMILES string of the molecule is CC(C)(C)OC(=O)N(c1ccsn1)S(=O)(=O)c1cc(Cl)c(I)cc1F. The molecule has 1 aromatic carbocycles. The summed E-state index contributed by atoms with van der Waals surface area (Å²) in [5.41, 5.74) is -0.955. The normalized spacial score (nSPS) is 12.1. The lowest BCUT2D eigenvalue weighted by molar-refractivity contribution is 0.0608. The molecule has 0 radical (unpaired) electrons. The van der Waals surface area contributed by atoms with E-state index in [0.29, 0.717) is 7.88 Å². The molecule has 11 heteroatoms. The molecule has 0 N–H and O–H groups in total. The molecular formula is C14H13ClFIN2O4S2. The molecule has 0 bridgehead atoms. The van der Waals surface area contributed by atoms with Crippen LogP contribution in [0.2, 0.25) is 5.02 Å². The summed E-state index contributed by atoms with van der Waals surface area (Å²) in [7, 11) is -4.63. The van der Waals surface area contributed by atoms with E-state index in [0.717, 1.165) is 23.7 Å². The Morgan fingerprint density at radius 1 is 1.40 bits per heavy atom. The lowest BCUT2D eigenvalue weighted by Gasteiger charge is -2.25. The second-order valence-electron chi connectivity index (χ2n) is 5.80. The van der Waals surface area contributed by atoms with Crippen LogP contribution in [-0.2, 0) is 14.8 Å². The summed E-state index contributed by atoms with van der Waals surface area (Å²) in [5, 5.41) is 1.53. The van der Waals surface area contributed by atoms with E-state index in [9.17, 15) is 17.6 Å². The molecule has 136 valence electrons. The standard InChI is InChI=1S/C14H13ClFIN2O4S2/c1-14(2,3)23-13(20)19(12-4-5-24-18-12)25(21,22)11-6-8(15)10(17)7-9(11)16/h4-7H,1-3H3. The second-order valence-corrected chi connectivity index (χ2v) is 9.79. The Balaban J connectivity index is 2.61. The van der Waals surface area contributed by atoms with Crippen molar-refractivity contribution in [2.45, 2.75) is 31.3 Å². The summed E-state index contributed by atoms with van der Waals surface area (Å²) in [4.78, 5) is 11.7. The van der Waals surface area contributed by atoms with E-state index in [-0.39, 0.29) is 10.8 Å². The van der Waals surface area contributed by atoms with E-state index in [1.165, 1.54) is 11.4 Å². The number of ether oxygens (including phenoxy) is 1. The highest BCUT2D eigenvalue weighted by molar-refractivity contribution is 14.1. The minimum absolute atomic E-state index is 0.0444. The summed E-state index contributed by atoms with van der Waals surface area (Å²) in [6, 6.07) is 3.25. The number of carbonyl (C=O) groups is 1. The van der Waals surface area contributed by atoms with E-state index >= 15 is 0 Å². The molecule has 0 atom stereocenters. The molecule has 0 saturated carbocycles. The number of aromatic nitrogens is 1. The second kappa shape index (κ2) is 7.33. The van der Waals surface area contributed by atoms with Gasteiger partial charge >= 0.3 is 6.09 Å². The molecule has 0 aliphatic rings. The molecule has 2 aromatic rings. The summed E-state index contributed by atoms with van der Waals surface area (Å²) in [6.07, 6.45) is -1.19. The van der Waals surface area contributed by atoms with Crippen LogP contribution in [0, 0.1) is 9.39 Å². The van der Waals surface area contributed by atoms with Crippen molar-refractivity contribution in [2.24, 2.45) is 0 Å². The minimum Gasteiger partial charge on any atom is -0.443 e. The topological polar surface area (TPSA) is 76.6 Å². The Hall–Kier alpha value is -0.980. The summed E-state index contributed by atoms with van der Waals surface area (Å²) >= 11 is 8.63. The quantitative estimate of drug-likeness (QED) is 0.436. The molecule has 1 heterocycles. The Labute approximate surface area is 167 Å². The van der Waals surface area contributed by atoms with Gasteiger partial charge in [-0.25, -0.2) is 17.6 Å². The maximum absolute atomic E-state index is 14.3. The van der Waals surface area contributed by atoms with Crippen molar-refractivity contribution >= 4 is 67.7 Å². The zero-order valence-corrected chi connectivity index (χ0v) is 17.8. The highest BCUT2D eigenvalue weighted by Gasteiger charge is 2.38. The fourth-order valence-electron chi connectivity index (χ4n) is 1.73. The van der Waals surface area contributed by atoms with Crippen molar-refractivity contribution in [1.82, 2.24) is 4.37 Å². The number of anilines is 1. The maximum atomic E-state index is 14.3. The molecule has 25 heavy (non-hydrogen) atoms. The number of carbonyl (C=O) groups excluding carboxylic acids is 1. The Morgan fingerprint density at radius 2 is 2.04 bits per heavy atom. The zero-order chi connectivity index (χ0) is 19.0. The van der Waals surface area contributed by atoms with E-state index < -0.39 is 32.4 Å². The third-order valence-electron chi connectivity index (χ3n) is 2.68. The first-order chi connectivity index (χ1) is 11.4. The largest absolute Gasteiger partial charge is 0.443 e. The smallest absolute Gasteiger partial charge is 0.430 e. The van der Waals surface area contributed by atoms with Crippen molar-refractivity contribution in [3.8, 4) is 0 Å². The van der Waals surface area contributed by atoms with Crippen molar-refractivity contribution in [3.63, 3.8) is 0 Å². The zero-order valence-electron chi connectivity index (χ0n) is 13.3. The van der Waals surface area contributed by atoms with Crippen LogP contribution in [0.4, 0.5) is 15.0 Å². The molecule has 0 unspecified atom stereocenters. The molecule has 0 fully saturated rings. The van der Waals surface area contributed by atoms with Crippen LogP contribution in [0.5, 0.6) is 0 Å². The lowest BCUT2D eigenvalue weighted by Crippen LogP contribution is -2.41. The summed E-state index contributed by atoms with van der Waals surface area (Å²) < 4.78 is 49.8. The van der Waals surface area contributed by atoms with Gasteiger partial charge in [-0.05, 0) is 73.1 Å². The van der Waals surface area contributed by atoms with Gasteiger partial charge in [-0.3, -0.25) is 0 Å². The predicted octanol–water partition coefficient (Wildman–Crippen LogP) is 4.67. The van der Waals surface area contributed by atoms with Gasteiger partial charge in [-0.1, -0.05) is 11.6 Å². The van der Waals surface area contributed by atoms with Gasteiger partial charge in [0.15, 0.2) is 5.82 Å². The average molecular weight is 519 g/mol. The van der Waals surface area contributed by atoms with Crippen LogP contribution in [0.1, 0.15) is 20.8 Å². The first kappa shape index (κ1) is 20.3. The van der Waals surface area contributed by atoms with Crippen LogP contribution in [0.25, 0.3) is 0 Å². The van der Waals surface area contributed by atoms with E-state index in [4.69, 9.17) is 16.3 Å². The van der Waals surface area contributed by atoms with Gasteiger partial charge in [-0.2, -0.15) is 4.37 Å². The number of halogens is 3. The first-order valence-corrected chi connectivity index (χ1v) is 10.5. The van der Waals surface area contributed by atoms with Crippen LogP contribution < -0.4 is 4.31 Å². The number of hydrogen-bond acceptors (Lipinski definition) is 6. The third-order valence-corrected chi connectivity index (χ3v) is 6.44. The van der Waals surface area contributed by atoms with E-state index in [2.05, 4.69) is 4.37 Å². The highest BCUT2D eigenvalue weighted by atomic mass is 127. The molecule has 0 saturated heterocycles. The van der Waals surface area contributed by atoms with Crippen LogP contribution in [-0.4, -0.2) is 24.5 Å². The van der Waals surface area contributed by atoms with Gasteiger partial charge in [0.2, 0.25) is 0 Å². The first-order valence-electron chi connectivity index (χ1n) is 6.77. The van der Waals surface area contributed by atoms with E-state index in [1.807, 2.05) is 0 Å². The van der Waals surface area contributed by atoms with Crippen LogP contribution >= 0.6 is 45.7 Å². The van der Waals surface area contributed by atoms with Crippen molar-refractivity contribution < 1.29 is 22.3 Å². The fraction of sp³-hybridized carbons (Fsp3) is 0.286. The van der Waals surface area contributed by atoms with Crippen LogP contribution in [0.3, 0.4) is 0 Å². The highest BCUT2D eigenvalue weighted by Crippen LogP contribution is 2.31. The molecule has 0 spiro atoms. The number of amides is 1. The number of hydrogen-bond donors (Lipinski definition) is 0. The Kier molecular flexibility index (Phi) is 5.96. The lowest BCUT2D eigenvalue weighted by atomic mass is 10.2. The number of sulfonamides is 1. The van der Waals surface area contributed by atoms with Crippen molar-refractivity contribution in [3.05, 3.63) is 38.0 Å². The fourth-order valence-corrected chi connectivity index (χ4v) is 4.28. The maximum Gasteiger partial charge on any atom is 0.430 e. The van der Waals surface area contributed by atoms with Gasteiger partial charge in [-0.15, -0.1) is 4.31 Å². The van der Waals surface area contributed by atoms with Crippen molar-refractivity contribution in [1.29, 1.82) is 0 Å². The number of rotatable bonds is 3. The van der Waals surface area contributed by atoms with Gasteiger partial charge in [0, 0.05) is 8.95 Å². The van der Waals surface area contributed by atoms with Gasteiger partial charge < -0.3 is 4.74 Å². The molecule has 6 nitrogen and oxygen atoms in total. The molecular weight excluding hydrogens is 506 g/mol. The van der Waals surface area contributed by atoms with Crippen LogP contribution in [0.15, 0.2) is 28.5 Å². The monoisotopic (exact) mass is 518 g/mol. The number of nitrogens with zero attached hydrogens (tertiary/aromatic N) is 2. The predicted molar refractivity (Wildman–Crippen MR) is 102 cm³/mol. The third kappa shape index (κ3) is 4.60. The van der Waals surface area contributed by atoms with Gasteiger partial charge in [0.05, 0.1) is 5.02 Å². The molecule has 1 aromatic heterocycles. The molecule has 2 rings (SSSR count). The summed E-state index contributed by atoms with van der Waals surface area (Å²) in [6.45, 7) is 4.75. The average Bonchev–Trinajstić information content (AvgIpc) is 2.94.